The fourth-order valence-electron chi connectivity index (χ4n) is 6.58. The van der Waals surface area contributed by atoms with Gasteiger partial charge in [-0.25, -0.2) is 9.78 Å². The summed E-state index contributed by atoms with van der Waals surface area (Å²) in [6.45, 7) is 3.82. The summed E-state index contributed by atoms with van der Waals surface area (Å²) in [5.74, 6) is -2.98. The van der Waals surface area contributed by atoms with E-state index in [2.05, 4.69) is 11.6 Å². The molecule has 246 valence electrons. The zero-order chi connectivity index (χ0) is 34.0. The Labute approximate surface area is 288 Å². The number of hydrogen-bond donors (Lipinski definition) is 1. The van der Waals surface area contributed by atoms with E-state index in [0.717, 1.165) is 25.8 Å². The number of nitrogens with zero attached hydrogens (tertiary/aromatic N) is 3. The van der Waals surface area contributed by atoms with Crippen LogP contribution in [0.3, 0.4) is 0 Å². The predicted molar refractivity (Wildman–Crippen MR) is 195 cm³/mol. The minimum Gasteiger partial charge on any atom is -0.457 e. The number of amides is 1. The lowest BCUT2D eigenvalue weighted by atomic mass is 9.75. The molecule has 4 unspecified atom stereocenters. The van der Waals surface area contributed by atoms with Gasteiger partial charge in [0.2, 0.25) is 5.91 Å². The fraction of sp³-hybridized carbons (Fsp3) is 0.216. The minimum absolute atomic E-state index is 0.0739. The summed E-state index contributed by atoms with van der Waals surface area (Å²) in [7, 11) is 0. The number of rotatable bonds is 12. The van der Waals surface area contributed by atoms with E-state index in [0.29, 0.717) is 4.88 Å². The smallest absolute Gasteiger partial charge is 0.356 e. The van der Waals surface area contributed by atoms with E-state index >= 15 is 0 Å². The van der Waals surface area contributed by atoms with Gasteiger partial charge in [-0.1, -0.05) is 111 Å². The van der Waals surface area contributed by atoms with Crippen LogP contribution < -0.4 is 15.9 Å². The third-order valence-corrected chi connectivity index (χ3v) is 14.9. The van der Waals surface area contributed by atoms with Crippen LogP contribution in [0.25, 0.3) is 4.83 Å². The number of imidazole rings is 1. The van der Waals surface area contributed by atoms with Crippen molar-refractivity contribution in [1.82, 2.24) is 14.3 Å². The van der Waals surface area contributed by atoms with Crippen molar-refractivity contribution in [2.75, 3.05) is 12.9 Å². The van der Waals surface area contributed by atoms with Crippen LogP contribution in [0.15, 0.2) is 121 Å². The number of ketones is 1. The Hall–Kier alpha value is -4.21. The maximum atomic E-state index is 14.7. The topological polar surface area (TPSA) is 101 Å². The van der Waals surface area contributed by atoms with Gasteiger partial charge in [-0.3, -0.25) is 14.0 Å². The number of aliphatic hydroxyl groups is 1. The zero-order valence-electron chi connectivity index (χ0n) is 26.8. The predicted octanol–water partition coefficient (Wildman–Crippen LogP) is 5.00. The lowest BCUT2D eigenvalue weighted by Crippen LogP contribution is -2.70. The summed E-state index contributed by atoms with van der Waals surface area (Å²) in [6, 6.07) is 28.2. The average Bonchev–Trinajstić information content (AvgIpc) is 3.71. The Kier molecular flexibility index (Phi) is 9.90. The molecule has 11 heteroatoms. The molecule has 0 radical (unpaired) electrons. The fourth-order valence-corrected chi connectivity index (χ4v) is 12.8. The minimum atomic E-state index is -3.17. The molecule has 8 nitrogen and oxygen atoms in total. The molecule has 0 bridgehead atoms. The molecule has 0 aliphatic carbocycles. The van der Waals surface area contributed by atoms with E-state index in [1.807, 2.05) is 102 Å². The van der Waals surface area contributed by atoms with Gasteiger partial charge in [0.25, 0.3) is 0 Å². The molecule has 3 heterocycles. The highest BCUT2D eigenvalue weighted by atomic mass is 32.2. The Balaban J connectivity index is 1.65. The van der Waals surface area contributed by atoms with Gasteiger partial charge < -0.3 is 14.7 Å². The first-order valence-electron chi connectivity index (χ1n) is 15.5. The van der Waals surface area contributed by atoms with E-state index in [-0.39, 0.29) is 17.8 Å². The highest BCUT2D eigenvalue weighted by Crippen LogP contribution is 2.50. The molecule has 0 saturated carbocycles. The number of Topliss-reactive ketones (excluding diaryl/α,β-unsaturated/α-hetero) is 1. The molecule has 3 aromatic carbocycles. The quantitative estimate of drug-likeness (QED) is 0.0490. The van der Waals surface area contributed by atoms with Gasteiger partial charge in [0.1, 0.15) is 28.2 Å². The van der Waals surface area contributed by atoms with Crippen molar-refractivity contribution < 1.29 is 24.2 Å². The first-order chi connectivity index (χ1) is 23.2. The van der Waals surface area contributed by atoms with Crippen LogP contribution in [-0.2, 0) is 14.3 Å². The summed E-state index contributed by atoms with van der Waals surface area (Å²) in [4.78, 5) is 50.6. The third kappa shape index (κ3) is 5.66. The molecule has 5 aromatic rings. The van der Waals surface area contributed by atoms with Crippen molar-refractivity contribution in [2.24, 2.45) is 11.8 Å². The van der Waals surface area contributed by atoms with Crippen LogP contribution in [0.2, 0.25) is 0 Å². The first kappa shape index (κ1) is 33.7. The van der Waals surface area contributed by atoms with Crippen LogP contribution in [-0.4, -0.2) is 67.5 Å². The van der Waals surface area contributed by atoms with Gasteiger partial charge in [-0.2, -0.15) is 0 Å². The lowest BCUT2D eigenvalue weighted by molar-refractivity contribution is -0.159. The van der Waals surface area contributed by atoms with E-state index in [9.17, 15) is 19.5 Å². The average molecular weight is 698 g/mol. The highest BCUT2D eigenvalue weighted by molar-refractivity contribution is 7.98. The molecule has 1 aliphatic rings. The van der Waals surface area contributed by atoms with Crippen LogP contribution in [0.5, 0.6) is 0 Å². The van der Waals surface area contributed by atoms with Gasteiger partial charge in [0, 0.05) is 19.0 Å². The number of hydrogen-bond acceptors (Lipinski definition) is 8. The molecular weight excluding hydrogens is 662 g/mol. The highest BCUT2D eigenvalue weighted by Gasteiger charge is 2.58. The number of aliphatic hydroxyl groups excluding tert-OH is 1. The second-order valence-electron chi connectivity index (χ2n) is 11.6. The SMILES string of the molecule is C=CCOC(=O)C(N1C(=O)C(C(C)O)C1C(C)C(=O)c1cn2cnc(SC)c2s1)=P(c1ccccc1)(c1ccccc1)c1ccccc1. The second kappa shape index (κ2) is 14.1. The lowest BCUT2D eigenvalue weighted by Gasteiger charge is -2.52. The Morgan fingerprint density at radius 1 is 1.00 bits per heavy atom. The molecule has 1 amide bonds. The van der Waals surface area contributed by atoms with Crippen molar-refractivity contribution in [2.45, 2.75) is 31.0 Å². The van der Waals surface area contributed by atoms with E-state index < -0.39 is 42.7 Å². The normalized spacial score (nSPS) is 17.4. The summed E-state index contributed by atoms with van der Waals surface area (Å²) in [5.41, 5.74) is 0.160. The molecule has 48 heavy (non-hydrogen) atoms. The van der Waals surface area contributed by atoms with Crippen molar-refractivity contribution in [3.05, 3.63) is 121 Å². The number of benzene rings is 3. The number of fused-ring (bicyclic) bond motifs is 1. The zero-order valence-corrected chi connectivity index (χ0v) is 29.3. The van der Waals surface area contributed by atoms with Crippen molar-refractivity contribution in [3.63, 3.8) is 0 Å². The Morgan fingerprint density at radius 3 is 2.02 bits per heavy atom. The van der Waals surface area contributed by atoms with E-state index in [1.54, 1.807) is 26.4 Å². The second-order valence-corrected chi connectivity index (χ2v) is 16.7. The van der Waals surface area contributed by atoms with Crippen LogP contribution in [0, 0.1) is 11.8 Å². The number of esters is 1. The number of ether oxygens (including phenoxy) is 1. The number of thioether (sulfide) groups is 1. The number of likely N-dealkylation sites (tertiary alicyclic amines) is 1. The molecule has 1 fully saturated rings. The monoisotopic (exact) mass is 697 g/mol. The van der Waals surface area contributed by atoms with Gasteiger partial charge >= 0.3 is 5.97 Å². The van der Waals surface area contributed by atoms with E-state index in [4.69, 9.17) is 4.74 Å². The molecule has 0 spiro atoms. The van der Waals surface area contributed by atoms with Gasteiger partial charge in [-0.05, 0) is 29.1 Å². The van der Waals surface area contributed by atoms with Crippen molar-refractivity contribution >= 4 is 73.8 Å². The standard InChI is InChI=1S/C37H36N3O5PS2/c1-5-21-45-37(44)35(46(26-15-9-6-10-16-26,27-17-11-7-12-18-27)28-19-13-8-14-20-28)40-31(30(25(3)41)34(40)43)24(2)32(42)29-22-39-23-38-33(47-4)36(39)48-29/h5-20,22-25,30-31,41H,1,21H2,2-4H3. The van der Waals surface area contributed by atoms with Crippen molar-refractivity contribution in [1.29, 1.82) is 0 Å². The first-order valence-corrected chi connectivity index (χ1v) is 19.4. The largest absolute Gasteiger partial charge is 0.457 e. The number of thiazole rings is 1. The molecule has 4 atom stereocenters. The van der Waals surface area contributed by atoms with Crippen LogP contribution in [0.1, 0.15) is 23.5 Å². The third-order valence-electron chi connectivity index (χ3n) is 8.74. The summed E-state index contributed by atoms with van der Waals surface area (Å²) >= 11 is 2.84. The molecular formula is C37H36N3O5PS2. The van der Waals surface area contributed by atoms with Crippen molar-refractivity contribution in [3.8, 4) is 0 Å². The number of carbonyl (C=O) groups is 3. The molecule has 1 saturated heterocycles. The Morgan fingerprint density at radius 2 is 1.54 bits per heavy atom. The van der Waals surface area contributed by atoms with Gasteiger partial charge in [-0.15, -0.1) is 23.1 Å². The summed E-state index contributed by atoms with van der Waals surface area (Å²) in [5, 5.41) is 14.3. The maximum absolute atomic E-state index is 14.7. The van der Waals surface area contributed by atoms with Gasteiger partial charge in [0.15, 0.2) is 5.78 Å². The number of carbonyl (C=O) groups excluding carboxylic acids is 3. The summed E-state index contributed by atoms with van der Waals surface area (Å²) in [6.07, 6.45) is 5.79. The van der Waals surface area contributed by atoms with E-state index in [1.165, 1.54) is 34.1 Å². The van der Waals surface area contributed by atoms with Gasteiger partial charge in [0.05, 0.1) is 22.9 Å². The summed E-state index contributed by atoms with van der Waals surface area (Å²) < 4.78 is 7.66. The Bertz CT molecular complexity index is 1920. The van der Waals surface area contributed by atoms with Crippen LogP contribution >= 0.6 is 30.0 Å². The molecule has 2 aromatic heterocycles. The number of β-lactam (4-membered cyclic amide) rings is 1. The maximum Gasteiger partial charge on any atom is 0.356 e. The van der Waals surface area contributed by atoms with Crippen LogP contribution in [0.4, 0.5) is 0 Å². The molecule has 1 aliphatic heterocycles. The number of aromatic nitrogens is 2. The molecule has 1 N–H and O–H groups in total. The molecule has 6 rings (SSSR count).